The minimum Gasteiger partial charge on any atom is -0.342 e. The average molecular weight is 277 g/mol. The van der Waals surface area contributed by atoms with Crippen molar-refractivity contribution in [1.29, 1.82) is 0 Å². The second-order valence-electron chi connectivity index (χ2n) is 4.13. The van der Waals surface area contributed by atoms with Crippen LogP contribution in [0.15, 0.2) is 42.5 Å². The van der Waals surface area contributed by atoms with E-state index in [1.807, 2.05) is 24.3 Å². The van der Waals surface area contributed by atoms with Gasteiger partial charge >= 0.3 is 0 Å². The van der Waals surface area contributed by atoms with Gasteiger partial charge in [-0.2, -0.15) is 0 Å². The Morgan fingerprint density at radius 3 is 2.61 bits per heavy atom. The summed E-state index contributed by atoms with van der Waals surface area (Å²) in [6.45, 7) is 0. The van der Waals surface area contributed by atoms with Gasteiger partial charge in [0.1, 0.15) is 11.3 Å². The van der Waals surface area contributed by atoms with Gasteiger partial charge in [-0.25, -0.2) is 4.98 Å². The van der Waals surface area contributed by atoms with Gasteiger partial charge in [-0.3, -0.25) is 0 Å². The number of aromatic amines is 1. The molecule has 90 valence electrons. The molecule has 0 unspecified atom stereocenters. The standard InChI is InChI=1S/C14H10Cl2N2/c15-10-7-11(16)14-12(8-10)17-13(18-14)6-9-4-2-1-3-5-9/h1-5,7-8H,6H2,(H,17,18). The van der Waals surface area contributed by atoms with E-state index in [1.54, 1.807) is 6.07 Å². The number of aromatic nitrogens is 2. The third-order valence-electron chi connectivity index (χ3n) is 2.77. The Labute approximate surface area is 115 Å². The van der Waals surface area contributed by atoms with Crippen molar-refractivity contribution in [3.63, 3.8) is 0 Å². The van der Waals surface area contributed by atoms with Crippen LogP contribution in [0.3, 0.4) is 0 Å². The van der Waals surface area contributed by atoms with Crippen molar-refractivity contribution in [3.05, 3.63) is 63.9 Å². The number of rotatable bonds is 2. The first-order chi connectivity index (χ1) is 8.72. The summed E-state index contributed by atoms with van der Waals surface area (Å²) in [5.41, 5.74) is 2.85. The van der Waals surface area contributed by atoms with Gasteiger partial charge in [0.2, 0.25) is 0 Å². The van der Waals surface area contributed by atoms with E-state index in [4.69, 9.17) is 23.2 Å². The summed E-state index contributed by atoms with van der Waals surface area (Å²) < 4.78 is 0. The smallest absolute Gasteiger partial charge is 0.111 e. The number of fused-ring (bicyclic) bond motifs is 1. The zero-order valence-corrected chi connectivity index (χ0v) is 11.0. The molecule has 0 aliphatic heterocycles. The van der Waals surface area contributed by atoms with Gasteiger partial charge < -0.3 is 4.98 Å². The first-order valence-corrected chi connectivity index (χ1v) is 6.35. The molecular formula is C14H10Cl2N2. The number of halogens is 2. The van der Waals surface area contributed by atoms with Gasteiger partial charge in [0.25, 0.3) is 0 Å². The number of benzene rings is 2. The van der Waals surface area contributed by atoms with Crippen LogP contribution in [0.4, 0.5) is 0 Å². The van der Waals surface area contributed by atoms with Crippen molar-refractivity contribution in [3.8, 4) is 0 Å². The molecule has 3 rings (SSSR count). The molecule has 2 aromatic carbocycles. The van der Waals surface area contributed by atoms with Crippen LogP contribution in [0.2, 0.25) is 10.0 Å². The summed E-state index contributed by atoms with van der Waals surface area (Å²) in [6, 6.07) is 13.7. The highest BCUT2D eigenvalue weighted by molar-refractivity contribution is 6.38. The van der Waals surface area contributed by atoms with E-state index in [1.165, 1.54) is 5.56 Å². The Balaban J connectivity index is 2.01. The van der Waals surface area contributed by atoms with Gasteiger partial charge in [0.05, 0.1) is 10.5 Å². The summed E-state index contributed by atoms with van der Waals surface area (Å²) in [5, 5.41) is 1.19. The van der Waals surface area contributed by atoms with Crippen LogP contribution in [0.25, 0.3) is 11.0 Å². The highest BCUT2D eigenvalue weighted by Gasteiger charge is 2.08. The molecule has 0 saturated carbocycles. The zero-order valence-electron chi connectivity index (χ0n) is 9.45. The second-order valence-corrected chi connectivity index (χ2v) is 4.97. The van der Waals surface area contributed by atoms with E-state index in [0.29, 0.717) is 10.0 Å². The van der Waals surface area contributed by atoms with Gasteiger partial charge in [-0.1, -0.05) is 53.5 Å². The number of H-pyrrole nitrogens is 1. The van der Waals surface area contributed by atoms with Crippen LogP contribution in [-0.4, -0.2) is 9.97 Å². The van der Waals surface area contributed by atoms with E-state index in [-0.39, 0.29) is 0 Å². The van der Waals surface area contributed by atoms with Crippen molar-refractivity contribution < 1.29 is 0 Å². The van der Waals surface area contributed by atoms with Gasteiger partial charge in [0, 0.05) is 11.4 Å². The van der Waals surface area contributed by atoms with E-state index in [2.05, 4.69) is 22.1 Å². The molecule has 0 saturated heterocycles. The summed E-state index contributed by atoms with van der Waals surface area (Å²) >= 11 is 12.1. The summed E-state index contributed by atoms with van der Waals surface area (Å²) in [4.78, 5) is 7.75. The Morgan fingerprint density at radius 2 is 1.83 bits per heavy atom. The lowest BCUT2D eigenvalue weighted by atomic mass is 10.1. The fourth-order valence-electron chi connectivity index (χ4n) is 1.97. The molecule has 0 aliphatic carbocycles. The maximum atomic E-state index is 6.11. The molecule has 0 amide bonds. The molecule has 1 N–H and O–H groups in total. The molecule has 0 radical (unpaired) electrons. The van der Waals surface area contributed by atoms with Gasteiger partial charge in [-0.05, 0) is 17.7 Å². The molecule has 0 fully saturated rings. The maximum absolute atomic E-state index is 6.11. The second kappa shape index (κ2) is 4.63. The van der Waals surface area contributed by atoms with Crippen LogP contribution >= 0.6 is 23.2 Å². The Morgan fingerprint density at radius 1 is 1.06 bits per heavy atom. The molecule has 1 aromatic heterocycles. The Hall–Kier alpha value is -1.51. The largest absolute Gasteiger partial charge is 0.342 e. The van der Waals surface area contributed by atoms with Crippen molar-refractivity contribution >= 4 is 34.2 Å². The number of nitrogens with one attached hydrogen (secondary N) is 1. The molecule has 0 atom stereocenters. The normalized spacial score (nSPS) is 11.0. The van der Waals surface area contributed by atoms with Gasteiger partial charge in [0.15, 0.2) is 0 Å². The summed E-state index contributed by atoms with van der Waals surface area (Å²) in [7, 11) is 0. The average Bonchev–Trinajstić information content (AvgIpc) is 2.73. The number of hydrogen-bond acceptors (Lipinski definition) is 1. The Bertz CT molecular complexity index is 690. The molecule has 18 heavy (non-hydrogen) atoms. The fraction of sp³-hybridized carbons (Fsp3) is 0.0714. The predicted octanol–water partition coefficient (Wildman–Crippen LogP) is 4.46. The first-order valence-electron chi connectivity index (χ1n) is 5.60. The van der Waals surface area contributed by atoms with Crippen LogP contribution in [0, 0.1) is 0 Å². The highest BCUT2D eigenvalue weighted by Crippen LogP contribution is 2.26. The van der Waals surface area contributed by atoms with Crippen LogP contribution in [0.1, 0.15) is 11.4 Å². The third-order valence-corrected chi connectivity index (χ3v) is 3.27. The lowest BCUT2D eigenvalue weighted by Crippen LogP contribution is -1.89. The van der Waals surface area contributed by atoms with Crippen LogP contribution in [-0.2, 0) is 6.42 Å². The topological polar surface area (TPSA) is 28.7 Å². The molecule has 4 heteroatoms. The highest BCUT2D eigenvalue weighted by atomic mass is 35.5. The number of hydrogen-bond donors (Lipinski definition) is 1. The molecule has 1 heterocycles. The SMILES string of the molecule is Clc1cc(Cl)c2nc(Cc3ccccc3)[nH]c2c1. The molecular weight excluding hydrogens is 267 g/mol. The molecule has 0 bridgehead atoms. The van der Waals surface area contributed by atoms with Crippen molar-refractivity contribution in [1.82, 2.24) is 9.97 Å². The lowest BCUT2D eigenvalue weighted by molar-refractivity contribution is 1.04. The van der Waals surface area contributed by atoms with E-state index < -0.39 is 0 Å². The summed E-state index contributed by atoms with van der Waals surface area (Å²) in [6.07, 6.45) is 0.753. The van der Waals surface area contributed by atoms with Crippen LogP contribution < -0.4 is 0 Å². The van der Waals surface area contributed by atoms with Gasteiger partial charge in [-0.15, -0.1) is 0 Å². The minimum absolute atomic E-state index is 0.577. The lowest BCUT2D eigenvalue weighted by Gasteiger charge is -1.96. The van der Waals surface area contributed by atoms with Crippen molar-refractivity contribution in [2.75, 3.05) is 0 Å². The Kier molecular flexibility index (Phi) is 2.98. The number of nitrogens with zero attached hydrogens (tertiary/aromatic N) is 1. The van der Waals surface area contributed by atoms with E-state index in [9.17, 15) is 0 Å². The summed E-state index contributed by atoms with van der Waals surface area (Å²) in [5.74, 6) is 0.889. The third kappa shape index (κ3) is 2.22. The fourth-order valence-corrected chi connectivity index (χ4v) is 2.50. The quantitative estimate of drug-likeness (QED) is 0.736. The molecule has 0 aliphatic rings. The van der Waals surface area contributed by atoms with Crippen molar-refractivity contribution in [2.45, 2.75) is 6.42 Å². The predicted molar refractivity (Wildman–Crippen MR) is 75.4 cm³/mol. The van der Waals surface area contributed by atoms with E-state index >= 15 is 0 Å². The van der Waals surface area contributed by atoms with Crippen molar-refractivity contribution in [2.24, 2.45) is 0 Å². The van der Waals surface area contributed by atoms with E-state index in [0.717, 1.165) is 23.3 Å². The molecule has 0 spiro atoms. The molecule has 3 aromatic rings. The molecule has 2 nitrogen and oxygen atoms in total. The minimum atomic E-state index is 0.577. The monoisotopic (exact) mass is 276 g/mol. The van der Waals surface area contributed by atoms with Crippen LogP contribution in [0.5, 0.6) is 0 Å². The maximum Gasteiger partial charge on any atom is 0.111 e. The zero-order chi connectivity index (χ0) is 12.5. The number of imidazole rings is 1. The first kappa shape index (κ1) is 11.6.